The quantitative estimate of drug-likeness (QED) is 0.507. The molecule has 0 aromatic heterocycles. The van der Waals surface area contributed by atoms with E-state index in [-0.39, 0.29) is 16.9 Å². The number of aromatic hydroxyl groups is 1. The van der Waals surface area contributed by atoms with Crippen molar-refractivity contribution in [3.8, 4) is 28.0 Å². The highest BCUT2D eigenvalue weighted by Gasteiger charge is 2.20. The Kier molecular flexibility index (Phi) is 5.17. The first-order valence-corrected chi connectivity index (χ1v) is 9.90. The van der Waals surface area contributed by atoms with Crippen LogP contribution in [0.2, 0.25) is 0 Å². The lowest BCUT2D eigenvalue weighted by Crippen LogP contribution is -2.10. The molecule has 1 aliphatic carbocycles. The fourth-order valence-corrected chi connectivity index (χ4v) is 4.16. The van der Waals surface area contributed by atoms with Gasteiger partial charge in [0.2, 0.25) is 0 Å². The molecule has 0 bridgehead atoms. The summed E-state index contributed by atoms with van der Waals surface area (Å²) in [4.78, 5) is 0. The van der Waals surface area contributed by atoms with Crippen LogP contribution in [0.4, 0.5) is 8.78 Å². The highest BCUT2D eigenvalue weighted by atomic mass is 19.2. The molecule has 1 saturated carbocycles. The molecule has 0 radical (unpaired) electrons. The van der Waals surface area contributed by atoms with Crippen LogP contribution in [0, 0.1) is 17.6 Å². The van der Waals surface area contributed by atoms with Crippen molar-refractivity contribution < 1.29 is 13.9 Å². The van der Waals surface area contributed by atoms with Gasteiger partial charge in [0.15, 0.2) is 11.6 Å². The predicted octanol–water partition coefficient (Wildman–Crippen LogP) is 7.30. The summed E-state index contributed by atoms with van der Waals surface area (Å²) in [5.74, 6) is -0.240. The molecule has 3 aromatic carbocycles. The Hall–Kier alpha value is -2.68. The predicted molar refractivity (Wildman–Crippen MR) is 109 cm³/mol. The second-order valence-corrected chi connectivity index (χ2v) is 7.91. The van der Waals surface area contributed by atoms with Crippen LogP contribution in [0.1, 0.15) is 44.1 Å². The normalized spacial score (nSPS) is 19.5. The molecule has 1 nitrogen and oxygen atoms in total. The summed E-state index contributed by atoms with van der Waals surface area (Å²) >= 11 is 0. The number of halogens is 2. The van der Waals surface area contributed by atoms with Crippen molar-refractivity contribution >= 4 is 0 Å². The maximum absolute atomic E-state index is 14.8. The van der Waals surface area contributed by atoms with E-state index < -0.39 is 11.6 Å². The smallest absolute Gasteiger partial charge is 0.167 e. The zero-order valence-electron chi connectivity index (χ0n) is 16.0. The molecule has 0 spiro atoms. The fourth-order valence-electron chi connectivity index (χ4n) is 4.16. The van der Waals surface area contributed by atoms with Crippen LogP contribution in [-0.4, -0.2) is 5.11 Å². The number of hydrogen-bond donors (Lipinski definition) is 1. The number of phenolic OH excluding ortho intramolecular Hbond substituents is 1. The fraction of sp³-hybridized carbons (Fsp3) is 0.280. The summed E-state index contributed by atoms with van der Waals surface area (Å²) in [6.45, 7) is 2.30. The molecule has 0 amide bonds. The van der Waals surface area contributed by atoms with Gasteiger partial charge in [-0.2, -0.15) is 0 Å². The zero-order valence-corrected chi connectivity index (χ0v) is 16.0. The second-order valence-electron chi connectivity index (χ2n) is 7.91. The van der Waals surface area contributed by atoms with E-state index in [1.807, 2.05) is 12.1 Å². The lowest BCUT2D eigenvalue weighted by molar-refractivity contribution is 0.348. The van der Waals surface area contributed by atoms with E-state index in [1.165, 1.54) is 43.4 Å². The molecule has 0 saturated heterocycles. The van der Waals surface area contributed by atoms with Gasteiger partial charge in [0, 0.05) is 11.1 Å². The topological polar surface area (TPSA) is 20.2 Å². The van der Waals surface area contributed by atoms with E-state index in [1.54, 1.807) is 24.3 Å². The minimum absolute atomic E-state index is 0.0914. The van der Waals surface area contributed by atoms with Gasteiger partial charge in [0.05, 0.1) is 0 Å². The van der Waals surface area contributed by atoms with Crippen LogP contribution >= 0.6 is 0 Å². The largest absolute Gasteiger partial charge is 0.508 e. The summed E-state index contributed by atoms with van der Waals surface area (Å²) in [5, 5.41) is 9.38. The third kappa shape index (κ3) is 3.66. The minimum atomic E-state index is -0.867. The summed E-state index contributed by atoms with van der Waals surface area (Å²) in [7, 11) is 0. The van der Waals surface area contributed by atoms with Gasteiger partial charge in [0.1, 0.15) is 5.75 Å². The zero-order chi connectivity index (χ0) is 19.7. The molecule has 144 valence electrons. The maximum atomic E-state index is 14.8. The van der Waals surface area contributed by atoms with Crippen molar-refractivity contribution in [2.75, 3.05) is 0 Å². The van der Waals surface area contributed by atoms with Gasteiger partial charge in [-0.3, -0.25) is 0 Å². The Balaban J connectivity index is 1.61. The van der Waals surface area contributed by atoms with Crippen LogP contribution in [-0.2, 0) is 0 Å². The number of benzene rings is 3. The maximum Gasteiger partial charge on any atom is 0.167 e. The Morgan fingerprint density at radius 1 is 0.679 bits per heavy atom. The Labute approximate surface area is 164 Å². The van der Waals surface area contributed by atoms with Crippen molar-refractivity contribution in [2.24, 2.45) is 5.92 Å². The number of rotatable bonds is 3. The Morgan fingerprint density at radius 2 is 1.14 bits per heavy atom. The lowest BCUT2D eigenvalue weighted by atomic mass is 9.79. The molecule has 4 rings (SSSR count). The van der Waals surface area contributed by atoms with Crippen molar-refractivity contribution in [1.82, 2.24) is 0 Å². The second kappa shape index (κ2) is 7.75. The van der Waals surface area contributed by atoms with Crippen molar-refractivity contribution in [3.05, 3.63) is 77.9 Å². The molecule has 3 aromatic rings. The molecule has 28 heavy (non-hydrogen) atoms. The van der Waals surface area contributed by atoms with Gasteiger partial charge in [-0.1, -0.05) is 68.3 Å². The summed E-state index contributed by atoms with van der Waals surface area (Å²) in [6.07, 6.45) is 4.91. The summed E-state index contributed by atoms with van der Waals surface area (Å²) in [5.41, 5.74) is 2.96. The highest BCUT2D eigenvalue weighted by molar-refractivity contribution is 5.72. The molecular formula is C25H24F2O. The van der Waals surface area contributed by atoms with Gasteiger partial charge in [-0.25, -0.2) is 8.78 Å². The third-order valence-electron chi connectivity index (χ3n) is 5.97. The lowest BCUT2D eigenvalue weighted by Gasteiger charge is -2.26. The first-order valence-electron chi connectivity index (χ1n) is 9.90. The van der Waals surface area contributed by atoms with E-state index in [0.29, 0.717) is 17.0 Å². The molecule has 0 atom stereocenters. The molecule has 1 N–H and O–H groups in total. The van der Waals surface area contributed by atoms with E-state index in [9.17, 15) is 13.9 Å². The van der Waals surface area contributed by atoms with Gasteiger partial charge in [-0.05, 0) is 53.5 Å². The van der Waals surface area contributed by atoms with Gasteiger partial charge >= 0.3 is 0 Å². The average molecular weight is 378 g/mol. The number of hydrogen-bond acceptors (Lipinski definition) is 1. The molecule has 1 aliphatic rings. The SMILES string of the molecule is CC1CCC(c2ccc(-c3ccc(-c4ccc(O)cc4)c(F)c3F)cc2)CC1. The molecule has 3 heteroatoms. The van der Waals surface area contributed by atoms with Crippen molar-refractivity contribution in [1.29, 1.82) is 0 Å². The van der Waals surface area contributed by atoms with Crippen LogP contribution in [0.5, 0.6) is 5.75 Å². The molecule has 0 heterocycles. The van der Waals surface area contributed by atoms with E-state index in [2.05, 4.69) is 19.1 Å². The third-order valence-corrected chi connectivity index (χ3v) is 5.97. The van der Waals surface area contributed by atoms with Crippen LogP contribution < -0.4 is 0 Å². The first kappa shape index (κ1) is 18.7. The highest BCUT2D eigenvalue weighted by Crippen LogP contribution is 2.37. The van der Waals surface area contributed by atoms with Crippen LogP contribution in [0.15, 0.2) is 60.7 Å². The van der Waals surface area contributed by atoms with Crippen molar-refractivity contribution in [3.63, 3.8) is 0 Å². The van der Waals surface area contributed by atoms with Crippen LogP contribution in [0.25, 0.3) is 22.3 Å². The Morgan fingerprint density at radius 3 is 1.64 bits per heavy atom. The molecule has 1 fully saturated rings. The van der Waals surface area contributed by atoms with Gasteiger partial charge in [0.25, 0.3) is 0 Å². The summed E-state index contributed by atoms with van der Waals surface area (Å²) < 4.78 is 29.5. The molecular weight excluding hydrogens is 354 g/mol. The van der Waals surface area contributed by atoms with E-state index in [4.69, 9.17) is 0 Å². The summed E-state index contributed by atoms with van der Waals surface area (Å²) in [6, 6.07) is 17.2. The molecule has 0 unspecified atom stereocenters. The van der Waals surface area contributed by atoms with Gasteiger partial charge in [-0.15, -0.1) is 0 Å². The first-order chi connectivity index (χ1) is 13.5. The monoisotopic (exact) mass is 378 g/mol. The van der Waals surface area contributed by atoms with Crippen LogP contribution in [0.3, 0.4) is 0 Å². The van der Waals surface area contributed by atoms with E-state index >= 15 is 0 Å². The minimum Gasteiger partial charge on any atom is -0.508 e. The standard InChI is InChI=1S/C25H24F2O/c1-16-2-4-17(5-3-16)18-6-8-19(9-7-18)22-14-15-23(25(27)24(22)26)20-10-12-21(28)13-11-20/h6-17,28H,2-5H2,1H3. The van der Waals surface area contributed by atoms with Gasteiger partial charge < -0.3 is 5.11 Å². The number of phenols is 1. The van der Waals surface area contributed by atoms with E-state index in [0.717, 1.165) is 5.92 Å². The average Bonchev–Trinajstić information content (AvgIpc) is 2.72. The van der Waals surface area contributed by atoms with Crippen molar-refractivity contribution in [2.45, 2.75) is 38.5 Å². The molecule has 0 aliphatic heterocycles. The Bertz CT molecular complexity index is 953.